The maximum absolute atomic E-state index is 11.9. The Hall–Kier alpha value is -0.910. The van der Waals surface area contributed by atoms with E-state index in [1.807, 2.05) is 0 Å². The maximum Gasteiger partial charge on any atom is 0.151 e. The summed E-state index contributed by atoms with van der Waals surface area (Å²) in [5, 5.41) is 0. The largest absolute Gasteiger partial charge is 0.377 e. The minimum Gasteiger partial charge on any atom is -0.377 e. The quantitative estimate of drug-likeness (QED) is 0.800. The minimum absolute atomic E-state index is 0.134. The SMILES string of the molecule is CCc1cccc(CN(C[C@@H]2CCCO2)[C@@H]2CCS(=O)(=O)C2)c1. The molecule has 2 aliphatic heterocycles. The summed E-state index contributed by atoms with van der Waals surface area (Å²) in [5.41, 5.74) is 2.60. The van der Waals surface area contributed by atoms with Crippen molar-refractivity contribution in [1.29, 1.82) is 0 Å². The second kappa shape index (κ2) is 7.32. The molecule has 1 aromatic rings. The average Bonchev–Trinajstić information content (AvgIpc) is 3.16. The van der Waals surface area contributed by atoms with Crippen LogP contribution in [-0.2, 0) is 27.5 Å². The van der Waals surface area contributed by atoms with Crippen molar-refractivity contribution < 1.29 is 13.2 Å². The van der Waals surface area contributed by atoms with Gasteiger partial charge in [0, 0.05) is 25.7 Å². The summed E-state index contributed by atoms with van der Waals surface area (Å²) in [7, 11) is -2.86. The molecule has 5 heteroatoms. The van der Waals surface area contributed by atoms with Crippen LogP contribution in [0.5, 0.6) is 0 Å². The highest BCUT2D eigenvalue weighted by Crippen LogP contribution is 2.23. The monoisotopic (exact) mass is 337 g/mol. The molecule has 0 unspecified atom stereocenters. The summed E-state index contributed by atoms with van der Waals surface area (Å²) in [6.45, 7) is 4.66. The van der Waals surface area contributed by atoms with Crippen molar-refractivity contribution >= 4 is 9.84 Å². The fraction of sp³-hybridized carbons (Fsp3) is 0.667. The number of rotatable bonds is 6. The van der Waals surface area contributed by atoms with Crippen LogP contribution in [0.15, 0.2) is 24.3 Å². The smallest absolute Gasteiger partial charge is 0.151 e. The first-order valence-electron chi connectivity index (χ1n) is 8.69. The lowest BCUT2D eigenvalue weighted by atomic mass is 10.1. The zero-order valence-corrected chi connectivity index (χ0v) is 14.7. The van der Waals surface area contributed by atoms with Gasteiger partial charge in [0.25, 0.3) is 0 Å². The molecule has 0 aromatic heterocycles. The van der Waals surface area contributed by atoms with Gasteiger partial charge in [-0.1, -0.05) is 31.2 Å². The highest BCUT2D eigenvalue weighted by molar-refractivity contribution is 7.91. The van der Waals surface area contributed by atoms with Gasteiger partial charge in [-0.2, -0.15) is 0 Å². The number of nitrogens with zero attached hydrogens (tertiary/aromatic N) is 1. The van der Waals surface area contributed by atoms with E-state index in [0.717, 1.165) is 45.4 Å². The lowest BCUT2D eigenvalue weighted by Crippen LogP contribution is -2.40. The Morgan fingerprint density at radius 1 is 1.26 bits per heavy atom. The molecule has 128 valence electrons. The Labute approximate surface area is 139 Å². The molecular weight excluding hydrogens is 310 g/mol. The predicted octanol–water partition coefficient (Wildman–Crippen LogP) is 2.42. The molecule has 0 radical (unpaired) electrons. The second-order valence-electron chi connectivity index (χ2n) is 6.79. The van der Waals surface area contributed by atoms with Gasteiger partial charge in [0.15, 0.2) is 9.84 Å². The Kier molecular flexibility index (Phi) is 5.39. The van der Waals surface area contributed by atoms with Crippen LogP contribution in [0.3, 0.4) is 0 Å². The van der Waals surface area contributed by atoms with Gasteiger partial charge in [-0.25, -0.2) is 8.42 Å². The van der Waals surface area contributed by atoms with Gasteiger partial charge < -0.3 is 4.74 Å². The molecule has 0 aliphatic carbocycles. The van der Waals surface area contributed by atoms with Crippen LogP contribution in [0.4, 0.5) is 0 Å². The van der Waals surface area contributed by atoms with Crippen LogP contribution in [0.25, 0.3) is 0 Å². The molecule has 0 N–H and O–H groups in total. The van der Waals surface area contributed by atoms with Gasteiger partial charge >= 0.3 is 0 Å². The van der Waals surface area contributed by atoms with Crippen LogP contribution in [0.2, 0.25) is 0 Å². The van der Waals surface area contributed by atoms with Gasteiger partial charge in [-0.3, -0.25) is 4.90 Å². The number of hydrogen-bond acceptors (Lipinski definition) is 4. The zero-order valence-electron chi connectivity index (χ0n) is 13.9. The molecule has 2 heterocycles. The van der Waals surface area contributed by atoms with E-state index >= 15 is 0 Å². The highest BCUT2D eigenvalue weighted by atomic mass is 32.2. The third kappa shape index (κ3) is 4.55. The Bertz CT molecular complexity index is 623. The van der Waals surface area contributed by atoms with E-state index in [9.17, 15) is 8.42 Å². The topological polar surface area (TPSA) is 46.6 Å². The van der Waals surface area contributed by atoms with Crippen molar-refractivity contribution in [2.24, 2.45) is 0 Å². The first-order chi connectivity index (χ1) is 11.1. The van der Waals surface area contributed by atoms with Crippen LogP contribution < -0.4 is 0 Å². The zero-order chi connectivity index (χ0) is 16.3. The van der Waals surface area contributed by atoms with Gasteiger partial charge in [-0.15, -0.1) is 0 Å². The first-order valence-corrected chi connectivity index (χ1v) is 10.5. The van der Waals surface area contributed by atoms with Crippen LogP contribution in [0, 0.1) is 0 Å². The summed E-state index contributed by atoms with van der Waals surface area (Å²) >= 11 is 0. The first kappa shape index (κ1) is 16.9. The van der Waals surface area contributed by atoms with Crippen LogP contribution in [-0.4, -0.2) is 50.1 Å². The standard InChI is InChI=1S/C18H27NO3S/c1-2-15-5-3-6-16(11-15)12-19(13-18-7-4-9-22-18)17-8-10-23(20,21)14-17/h3,5-6,11,17-18H,2,4,7-10,12-14H2,1H3/t17-,18+/m1/s1. The predicted molar refractivity (Wildman–Crippen MR) is 92.3 cm³/mol. The molecule has 0 bridgehead atoms. The molecule has 23 heavy (non-hydrogen) atoms. The van der Waals surface area contributed by atoms with E-state index in [-0.39, 0.29) is 12.1 Å². The number of benzene rings is 1. The van der Waals surface area contributed by atoms with Crippen molar-refractivity contribution in [2.75, 3.05) is 24.7 Å². The maximum atomic E-state index is 11.9. The van der Waals surface area contributed by atoms with Crippen molar-refractivity contribution in [3.05, 3.63) is 35.4 Å². The van der Waals surface area contributed by atoms with Crippen LogP contribution in [0.1, 0.15) is 37.3 Å². The van der Waals surface area contributed by atoms with Gasteiger partial charge in [-0.05, 0) is 36.8 Å². The van der Waals surface area contributed by atoms with E-state index in [2.05, 4.69) is 36.1 Å². The molecule has 3 rings (SSSR count). The number of hydrogen-bond donors (Lipinski definition) is 0. The summed E-state index contributed by atoms with van der Waals surface area (Å²) in [4.78, 5) is 2.34. The van der Waals surface area contributed by atoms with E-state index < -0.39 is 9.84 Å². The van der Waals surface area contributed by atoms with Gasteiger partial charge in [0.2, 0.25) is 0 Å². The molecule has 0 amide bonds. The summed E-state index contributed by atoms with van der Waals surface area (Å²) < 4.78 is 29.5. The molecular formula is C18H27NO3S. The second-order valence-corrected chi connectivity index (χ2v) is 9.02. The fourth-order valence-electron chi connectivity index (χ4n) is 3.64. The Morgan fingerprint density at radius 3 is 2.74 bits per heavy atom. The molecule has 2 atom stereocenters. The van der Waals surface area contributed by atoms with E-state index in [1.54, 1.807) is 0 Å². The number of ether oxygens (including phenoxy) is 1. The Morgan fingerprint density at radius 2 is 2.09 bits per heavy atom. The van der Waals surface area contributed by atoms with Gasteiger partial charge in [0.05, 0.1) is 17.6 Å². The van der Waals surface area contributed by atoms with Crippen LogP contribution >= 0.6 is 0 Å². The third-order valence-corrected chi connectivity index (χ3v) is 6.72. The molecule has 4 nitrogen and oxygen atoms in total. The van der Waals surface area contributed by atoms with E-state index in [1.165, 1.54) is 11.1 Å². The summed E-state index contributed by atoms with van der Waals surface area (Å²) in [5.74, 6) is 0.627. The van der Waals surface area contributed by atoms with E-state index in [0.29, 0.717) is 11.5 Å². The highest BCUT2D eigenvalue weighted by Gasteiger charge is 2.33. The molecule has 2 fully saturated rings. The van der Waals surface area contributed by atoms with Gasteiger partial charge in [0.1, 0.15) is 0 Å². The Balaban J connectivity index is 1.73. The lowest BCUT2D eigenvalue weighted by Gasteiger charge is -2.30. The van der Waals surface area contributed by atoms with Crippen molar-refractivity contribution in [3.63, 3.8) is 0 Å². The minimum atomic E-state index is -2.86. The normalized spacial score (nSPS) is 26.9. The number of aryl methyl sites for hydroxylation is 1. The average molecular weight is 337 g/mol. The molecule has 0 saturated carbocycles. The molecule has 1 aromatic carbocycles. The van der Waals surface area contributed by atoms with Crippen molar-refractivity contribution in [1.82, 2.24) is 4.90 Å². The number of sulfone groups is 1. The summed E-state index contributed by atoms with van der Waals surface area (Å²) in [6, 6.07) is 8.77. The molecule has 2 aliphatic rings. The summed E-state index contributed by atoms with van der Waals surface area (Å²) in [6.07, 6.45) is 4.24. The molecule has 2 saturated heterocycles. The lowest BCUT2D eigenvalue weighted by molar-refractivity contribution is 0.0574. The molecule has 0 spiro atoms. The van der Waals surface area contributed by atoms with E-state index in [4.69, 9.17) is 4.74 Å². The fourth-order valence-corrected chi connectivity index (χ4v) is 5.40. The van der Waals surface area contributed by atoms with Crippen molar-refractivity contribution in [2.45, 2.75) is 51.3 Å². The third-order valence-electron chi connectivity index (χ3n) is 4.97. The van der Waals surface area contributed by atoms with Crippen molar-refractivity contribution in [3.8, 4) is 0 Å².